The Bertz CT molecular complexity index is 637. The lowest BCUT2D eigenvalue weighted by Crippen LogP contribution is -2.43. The van der Waals surface area contributed by atoms with Crippen LogP contribution in [0.5, 0.6) is 0 Å². The minimum Gasteiger partial charge on any atom is -0.342 e. The third-order valence-electron chi connectivity index (χ3n) is 3.74. The minimum absolute atomic E-state index is 0.0411. The van der Waals surface area contributed by atoms with Crippen molar-refractivity contribution in [1.82, 2.24) is 4.90 Å². The van der Waals surface area contributed by atoms with Gasteiger partial charge in [-0.25, -0.2) is 0 Å². The van der Waals surface area contributed by atoms with E-state index in [2.05, 4.69) is 0 Å². The van der Waals surface area contributed by atoms with Gasteiger partial charge >= 0.3 is 0 Å². The van der Waals surface area contributed by atoms with E-state index >= 15 is 0 Å². The van der Waals surface area contributed by atoms with Crippen molar-refractivity contribution in [2.75, 3.05) is 24.5 Å². The number of hydrogen-bond acceptors (Lipinski definition) is 2. The van der Waals surface area contributed by atoms with E-state index in [1.54, 1.807) is 17.0 Å². The molecule has 2 aromatic carbocycles. The first kappa shape index (κ1) is 16.7. The summed E-state index contributed by atoms with van der Waals surface area (Å²) in [6.45, 7) is 5.19. The molecule has 0 fully saturated rings. The number of amides is 2. The van der Waals surface area contributed by atoms with Crippen molar-refractivity contribution in [3.63, 3.8) is 0 Å². The molecule has 0 saturated carbocycles. The summed E-state index contributed by atoms with van der Waals surface area (Å²) in [7, 11) is 0. The molecule has 2 rings (SSSR count). The monoisotopic (exact) mass is 310 g/mol. The zero-order valence-corrected chi connectivity index (χ0v) is 13.6. The second kappa shape index (κ2) is 8.13. The van der Waals surface area contributed by atoms with Crippen molar-refractivity contribution in [1.29, 1.82) is 0 Å². The fourth-order valence-electron chi connectivity index (χ4n) is 2.44. The molecular formula is C19H22N2O2. The Hall–Kier alpha value is -2.62. The molecule has 4 heteroatoms. The van der Waals surface area contributed by atoms with Crippen molar-refractivity contribution >= 4 is 17.5 Å². The summed E-state index contributed by atoms with van der Waals surface area (Å²) in [6.07, 6.45) is 0. The predicted octanol–water partition coefficient (Wildman–Crippen LogP) is 3.20. The Kier molecular flexibility index (Phi) is 5.92. The van der Waals surface area contributed by atoms with Gasteiger partial charge < -0.3 is 4.90 Å². The Labute approximate surface area is 137 Å². The van der Waals surface area contributed by atoms with E-state index < -0.39 is 0 Å². The number of benzene rings is 2. The van der Waals surface area contributed by atoms with Gasteiger partial charge in [0.25, 0.3) is 5.91 Å². The molecular weight excluding hydrogens is 288 g/mol. The molecule has 0 saturated heterocycles. The van der Waals surface area contributed by atoms with Crippen LogP contribution in [0.2, 0.25) is 0 Å². The van der Waals surface area contributed by atoms with Crippen LogP contribution >= 0.6 is 0 Å². The minimum atomic E-state index is -0.169. The first-order chi connectivity index (χ1) is 11.2. The van der Waals surface area contributed by atoms with Crippen molar-refractivity contribution in [2.24, 2.45) is 0 Å². The van der Waals surface area contributed by atoms with Gasteiger partial charge in [0.1, 0.15) is 6.54 Å². The zero-order chi connectivity index (χ0) is 16.7. The molecule has 0 N–H and O–H groups in total. The topological polar surface area (TPSA) is 40.6 Å². The molecule has 0 atom stereocenters. The lowest BCUT2D eigenvalue weighted by molar-refractivity contribution is -0.129. The van der Waals surface area contributed by atoms with Crippen LogP contribution in [0, 0.1) is 0 Å². The van der Waals surface area contributed by atoms with Gasteiger partial charge in [-0.05, 0) is 38.1 Å². The van der Waals surface area contributed by atoms with Crippen LogP contribution in [-0.2, 0) is 4.79 Å². The number of carbonyl (C=O) groups excluding carboxylic acids is 2. The summed E-state index contributed by atoms with van der Waals surface area (Å²) in [6, 6.07) is 18.3. The first-order valence-corrected chi connectivity index (χ1v) is 7.87. The number of carbonyl (C=O) groups is 2. The highest BCUT2D eigenvalue weighted by molar-refractivity contribution is 6.08. The van der Waals surface area contributed by atoms with E-state index in [0.717, 1.165) is 5.69 Å². The highest BCUT2D eigenvalue weighted by Crippen LogP contribution is 2.17. The SMILES string of the molecule is CCN(CC)C(=O)CN(C(=O)c1ccccc1)c1ccccc1. The molecule has 0 spiro atoms. The van der Waals surface area contributed by atoms with E-state index in [0.29, 0.717) is 18.7 Å². The molecule has 0 unspecified atom stereocenters. The van der Waals surface area contributed by atoms with Crippen LogP contribution in [0.15, 0.2) is 60.7 Å². The van der Waals surface area contributed by atoms with E-state index in [1.165, 1.54) is 4.90 Å². The quantitative estimate of drug-likeness (QED) is 0.822. The molecule has 0 aliphatic carbocycles. The van der Waals surface area contributed by atoms with Gasteiger partial charge in [-0.15, -0.1) is 0 Å². The average Bonchev–Trinajstić information content (AvgIpc) is 2.61. The smallest absolute Gasteiger partial charge is 0.258 e. The highest BCUT2D eigenvalue weighted by atomic mass is 16.2. The molecule has 0 aliphatic heterocycles. The summed E-state index contributed by atoms with van der Waals surface area (Å²) in [5, 5.41) is 0. The molecule has 2 aromatic rings. The summed E-state index contributed by atoms with van der Waals surface area (Å²) in [4.78, 5) is 28.6. The van der Waals surface area contributed by atoms with Crippen LogP contribution in [0.3, 0.4) is 0 Å². The number of rotatable bonds is 6. The van der Waals surface area contributed by atoms with E-state index in [4.69, 9.17) is 0 Å². The molecule has 4 nitrogen and oxygen atoms in total. The number of likely N-dealkylation sites (N-methyl/N-ethyl adjacent to an activating group) is 1. The molecule has 0 bridgehead atoms. The fourth-order valence-corrected chi connectivity index (χ4v) is 2.44. The van der Waals surface area contributed by atoms with Crippen LogP contribution in [0.1, 0.15) is 24.2 Å². The van der Waals surface area contributed by atoms with Crippen LogP contribution in [0.4, 0.5) is 5.69 Å². The summed E-state index contributed by atoms with van der Waals surface area (Å²) in [5.41, 5.74) is 1.30. The van der Waals surface area contributed by atoms with Crippen LogP contribution in [-0.4, -0.2) is 36.3 Å². The molecule has 2 amide bonds. The first-order valence-electron chi connectivity index (χ1n) is 7.87. The van der Waals surface area contributed by atoms with Crippen molar-refractivity contribution in [3.8, 4) is 0 Å². The van der Waals surface area contributed by atoms with Gasteiger partial charge in [-0.2, -0.15) is 0 Å². The largest absolute Gasteiger partial charge is 0.342 e. The predicted molar refractivity (Wildman–Crippen MR) is 92.5 cm³/mol. The molecule has 0 radical (unpaired) electrons. The molecule has 0 aromatic heterocycles. The third kappa shape index (κ3) is 4.19. The summed E-state index contributed by atoms with van der Waals surface area (Å²) in [5.74, 6) is -0.222. The van der Waals surface area contributed by atoms with Gasteiger partial charge in [0, 0.05) is 24.3 Å². The third-order valence-corrected chi connectivity index (χ3v) is 3.74. The van der Waals surface area contributed by atoms with Crippen molar-refractivity contribution < 1.29 is 9.59 Å². The summed E-state index contributed by atoms with van der Waals surface area (Å²) < 4.78 is 0. The Morgan fingerprint density at radius 1 is 0.826 bits per heavy atom. The van der Waals surface area contributed by atoms with Gasteiger partial charge in [0.2, 0.25) is 5.91 Å². The second-order valence-corrected chi connectivity index (χ2v) is 5.16. The molecule has 120 valence electrons. The maximum absolute atomic E-state index is 12.8. The zero-order valence-electron chi connectivity index (χ0n) is 13.6. The lowest BCUT2D eigenvalue weighted by atomic mass is 10.1. The molecule has 0 aliphatic rings. The highest BCUT2D eigenvalue weighted by Gasteiger charge is 2.22. The van der Waals surface area contributed by atoms with Gasteiger partial charge in [0.15, 0.2) is 0 Å². The number of nitrogens with zero attached hydrogens (tertiary/aromatic N) is 2. The maximum Gasteiger partial charge on any atom is 0.258 e. The maximum atomic E-state index is 12.8. The Morgan fingerprint density at radius 3 is 1.87 bits per heavy atom. The van der Waals surface area contributed by atoms with Gasteiger partial charge in [0.05, 0.1) is 0 Å². The number of anilines is 1. The van der Waals surface area contributed by atoms with Gasteiger partial charge in [-0.1, -0.05) is 36.4 Å². The van der Waals surface area contributed by atoms with Crippen molar-refractivity contribution in [2.45, 2.75) is 13.8 Å². The molecule has 23 heavy (non-hydrogen) atoms. The lowest BCUT2D eigenvalue weighted by Gasteiger charge is -2.26. The van der Waals surface area contributed by atoms with E-state index in [9.17, 15) is 9.59 Å². The van der Waals surface area contributed by atoms with Crippen molar-refractivity contribution in [3.05, 3.63) is 66.2 Å². The summed E-state index contributed by atoms with van der Waals surface area (Å²) >= 11 is 0. The van der Waals surface area contributed by atoms with E-state index in [1.807, 2.05) is 62.4 Å². The van der Waals surface area contributed by atoms with E-state index in [-0.39, 0.29) is 18.4 Å². The Balaban J connectivity index is 2.30. The van der Waals surface area contributed by atoms with Crippen LogP contribution in [0.25, 0.3) is 0 Å². The fraction of sp³-hybridized carbons (Fsp3) is 0.263. The standard InChI is InChI=1S/C19H22N2O2/c1-3-20(4-2)18(22)15-21(17-13-9-6-10-14-17)19(23)16-11-7-5-8-12-16/h5-14H,3-4,15H2,1-2H3. The molecule has 0 heterocycles. The Morgan fingerprint density at radius 2 is 1.35 bits per heavy atom. The number of hydrogen-bond donors (Lipinski definition) is 0. The van der Waals surface area contributed by atoms with Gasteiger partial charge in [-0.3, -0.25) is 14.5 Å². The second-order valence-electron chi connectivity index (χ2n) is 5.16. The average molecular weight is 310 g/mol. The normalized spacial score (nSPS) is 10.2. The van der Waals surface area contributed by atoms with Crippen LogP contribution < -0.4 is 4.90 Å². The number of para-hydroxylation sites is 1.